The molecule has 0 saturated heterocycles. The quantitative estimate of drug-likeness (QED) is 0.750. The van der Waals surface area contributed by atoms with Gasteiger partial charge in [0.05, 0.1) is 0 Å². The van der Waals surface area contributed by atoms with Crippen molar-refractivity contribution in [2.45, 2.75) is 19.9 Å². The van der Waals surface area contributed by atoms with E-state index in [1.165, 1.54) is 0 Å². The molecule has 2 rings (SSSR count). The minimum Gasteiger partial charge on any atom is -0.352 e. The highest BCUT2D eigenvalue weighted by molar-refractivity contribution is 9.10. The Balaban J connectivity index is 1.81. The lowest BCUT2D eigenvalue weighted by Crippen LogP contribution is -2.27. The fourth-order valence-corrected chi connectivity index (χ4v) is 2.31. The molecule has 0 atom stereocenters. The molecule has 4 nitrogen and oxygen atoms in total. The van der Waals surface area contributed by atoms with Gasteiger partial charge in [-0.25, -0.2) is 0 Å². The molecule has 2 N–H and O–H groups in total. The topological polar surface area (TPSA) is 58.2 Å². The second-order valence-electron chi connectivity index (χ2n) is 5.09. The molecule has 0 saturated carbocycles. The third kappa shape index (κ3) is 5.69. The van der Waals surface area contributed by atoms with Crippen molar-refractivity contribution in [2.75, 3.05) is 5.32 Å². The van der Waals surface area contributed by atoms with Crippen molar-refractivity contribution >= 4 is 45.0 Å². The van der Waals surface area contributed by atoms with Crippen molar-refractivity contribution < 1.29 is 9.59 Å². The highest BCUT2D eigenvalue weighted by atomic mass is 79.9. The number of aryl methyl sites for hydroxylation is 1. The first-order valence-corrected chi connectivity index (χ1v) is 8.18. The number of halogens is 2. The van der Waals surface area contributed by atoms with Gasteiger partial charge in [0.15, 0.2) is 0 Å². The van der Waals surface area contributed by atoms with Crippen molar-refractivity contribution in [3.8, 4) is 0 Å². The molecule has 6 heteroatoms. The zero-order chi connectivity index (χ0) is 16.8. The fraction of sp³-hybridized carbons (Fsp3) is 0.176. The van der Waals surface area contributed by atoms with Gasteiger partial charge >= 0.3 is 0 Å². The van der Waals surface area contributed by atoms with Crippen LogP contribution in [0, 0.1) is 6.92 Å². The average molecular weight is 396 g/mol. The predicted octanol–water partition coefficient (Wildman–Crippen LogP) is 4.06. The fourth-order valence-electron chi connectivity index (χ4n) is 1.94. The first-order chi connectivity index (χ1) is 10.9. The van der Waals surface area contributed by atoms with Gasteiger partial charge in [-0.05, 0) is 48.4 Å². The second-order valence-corrected chi connectivity index (χ2v) is 6.38. The number of benzene rings is 2. The summed E-state index contributed by atoms with van der Waals surface area (Å²) in [6, 6.07) is 12.6. The molecule has 0 aliphatic heterocycles. The van der Waals surface area contributed by atoms with E-state index in [1.54, 1.807) is 18.2 Å². The van der Waals surface area contributed by atoms with Crippen LogP contribution in [0.1, 0.15) is 17.5 Å². The van der Waals surface area contributed by atoms with E-state index in [4.69, 9.17) is 11.6 Å². The Bertz CT molecular complexity index is 717. The van der Waals surface area contributed by atoms with Crippen LogP contribution >= 0.6 is 27.5 Å². The van der Waals surface area contributed by atoms with Gasteiger partial charge in [-0.2, -0.15) is 0 Å². The maximum Gasteiger partial charge on any atom is 0.233 e. The summed E-state index contributed by atoms with van der Waals surface area (Å²) in [5.41, 5.74) is 2.60. The lowest BCUT2D eigenvalue weighted by molar-refractivity contribution is -0.126. The molecule has 0 aliphatic carbocycles. The van der Waals surface area contributed by atoms with Crippen LogP contribution in [-0.2, 0) is 16.1 Å². The summed E-state index contributed by atoms with van der Waals surface area (Å²) >= 11 is 9.20. The molecule has 0 radical (unpaired) electrons. The van der Waals surface area contributed by atoms with Gasteiger partial charge in [-0.15, -0.1) is 0 Å². The summed E-state index contributed by atoms with van der Waals surface area (Å²) in [5.74, 6) is -0.674. The molecule has 2 amide bonds. The average Bonchev–Trinajstić information content (AvgIpc) is 2.50. The van der Waals surface area contributed by atoms with Gasteiger partial charge in [0.2, 0.25) is 11.8 Å². The second kappa shape index (κ2) is 8.13. The Hall–Kier alpha value is -1.85. The lowest BCUT2D eigenvalue weighted by atomic mass is 10.2. The minimum atomic E-state index is -0.347. The van der Waals surface area contributed by atoms with E-state index in [0.717, 1.165) is 15.6 Å². The molecule has 0 spiro atoms. The molecule has 23 heavy (non-hydrogen) atoms. The first kappa shape index (κ1) is 17.5. The summed E-state index contributed by atoms with van der Waals surface area (Å²) in [6.45, 7) is 2.29. The monoisotopic (exact) mass is 394 g/mol. The van der Waals surface area contributed by atoms with Crippen molar-refractivity contribution in [1.82, 2.24) is 5.32 Å². The maximum absolute atomic E-state index is 11.9. The van der Waals surface area contributed by atoms with E-state index < -0.39 is 0 Å². The number of carbonyl (C=O) groups excluding carboxylic acids is 2. The molecule has 0 bridgehead atoms. The smallest absolute Gasteiger partial charge is 0.233 e. The number of rotatable bonds is 5. The molecular formula is C17H16BrClN2O2. The summed E-state index contributed by atoms with van der Waals surface area (Å²) in [5, 5.41) is 6.06. The lowest BCUT2D eigenvalue weighted by Gasteiger charge is -2.08. The van der Waals surface area contributed by atoms with Crippen LogP contribution in [0.5, 0.6) is 0 Å². The van der Waals surface area contributed by atoms with Crippen molar-refractivity contribution in [1.29, 1.82) is 0 Å². The summed E-state index contributed by atoms with van der Waals surface area (Å²) in [7, 11) is 0. The third-order valence-electron chi connectivity index (χ3n) is 3.17. The normalized spacial score (nSPS) is 10.2. The SMILES string of the molecule is Cc1cc(NC(=O)CC(=O)NCc2ccc(Cl)cc2)ccc1Br. The van der Waals surface area contributed by atoms with E-state index in [2.05, 4.69) is 26.6 Å². The Labute approximate surface area is 148 Å². The number of amides is 2. The molecule has 0 aliphatic rings. The predicted molar refractivity (Wildman–Crippen MR) is 95.4 cm³/mol. The summed E-state index contributed by atoms with van der Waals surface area (Å²) in [4.78, 5) is 23.7. The molecule has 0 unspecified atom stereocenters. The molecule has 2 aromatic rings. The number of hydrogen-bond donors (Lipinski definition) is 2. The number of nitrogens with one attached hydrogen (secondary N) is 2. The standard InChI is InChI=1S/C17H16BrClN2O2/c1-11-8-14(6-7-15(11)18)21-17(23)9-16(22)20-10-12-2-4-13(19)5-3-12/h2-8H,9-10H2,1H3,(H,20,22)(H,21,23). The van der Waals surface area contributed by atoms with Crippen molar-refractivity contribution in [3.63, 3.8) is 0 Å². The van der Waals surface area contributed by atoms with Crippen LogP contribution in [0.15, 0.2) is 46.9 Å². The molecule has 0 fully saturated rings. The van der Waals surface area contributed by atoms with Crippen molar-refractivity contribution in [2.24, 2.45) is 0 Å². The van der Waals surface area contributed by atoms with E-state index in [-0.39, 0.29) is 18.2 Å². The van der Waals surface area contributed by atoms with Gasteiger partial charge in [-0.1, -0.05) is 39.7 Å². The van der Waals surface area contributed by atoms with Gasteiger partial charge < -0.3 is 10.6 Å². The number of carbonyl (C=O) groups is 2. The highest BCUT2D eigenvalue weighted by Crippen LogP contribution is 2.20. The molecular weight excluding hydrogens is 380 g/mol. The Kier molecular flexibility index (Phi) is 6.19. The van der Waals surface area contributed by atoms with E-state index in [9.17, 15) is 9.59 Å². The molecule has 0 heterocycles. The van der Waals surface area contributed by atoms with Crippen LogP contribution in [0.25, 0.3) is 0 Å². The van der Waals surface area contributed by atoms with Gasteiger partial charge in [0, 0.05) is 21.7 Å². The van der Waals surface area contributed by atoms with E-state index in [0.29, 0.717) is 17.3 Å². The van der Waals surface area contributed by atoms with Crippen LogP contribution in [0.3, 0.4) is 0 Å². The van der Waals surface area contributed by atoms with Crippen LogP contribution in [-0.4, -0.2) is 11.8 Å². The van der Waals surface area contributed by atoms with Gasteiger partial charge in [0.1, 0.15) is 6.42 Å². The zero-order valence-corrected chi connectivity index (χ0v) is 14.9. The van der Waals surface area contributed by atoms with Gasteiger partial charge in [0.25, 0.3) is 0 Å². The van der Waals surface area contributed by atoms with Crippen LogP contribution in [0.4, 0.5) is 5.69 Å². The van der Waals surface area contributed by atoms with Crippen molar-refractivity contribution in [3.05, 3.63) is 63.1 Å². The highest BCUT2D eigenvalue weighted by Gasteiger charge is 2.10. The summed E-state index contributed by atoms with van der Waals surface area (Å²) in [6.07, 6.45) is -0.220. The first-order valence-electron chi connectivity index (χ1n) is 7.01. The molecule has 2 aromatic carbocycles. The van der Waals surface area contributed by atoms with E-state index in [1.807, 2.05) is 31.2 Å². The number of anilines is 1. The largest absolute Gasteiger partial charge is 0.352 e. The minimum absolute atomic E-state index is 0.220. The zero-order valence-electron chi connectivity index (χ0n) is 12.5. The Morgan fingerprint density at radius 1 is 1.09 bits per heavy atom. The van der Waals surface area contributed by atoms with Gasteiger partial charge in [-0.3, -0.25) is 9.59 Å². The Morgan fingerprint density at radius 3 is 2.43 bits per heavy atom. The maximum atomic E-state index is 11.9. The van der Waals surface area contributed by atoms with Crippen LogP contribution in [0.2, 0.25) is 5.02 Å². The molecule has 120 valence electrons. The molecule has 0 aromatic heterocycles. The van der Waals surface area contributed by atoms with Crippen LogP contribution < -0.4 is 10.6 Å². The Morgan fingerprint density at radius 2 is 1.78 bits per heavy atom. The third-order valence-corrected chi connectivity index (χ3v) is 4.31. The van der Waals surface area contributed by atoms with E-state index >= 15 is 0 Å². The summed E-state index contributed by atoms with van der Waals surface area (Å²) < 4.78 is 0.969. The number of hydrogen-bond acceptors (Lipinski definition) is 2.